The van der Waals surface area contributed by atoms with Gasteiger partial charge in [-0.05, 0) is 47.0 Å². The molecule has 0 saturated carbocycles. The summed E-state index contributed by atoms with van der Waals surface area (Å²) < 4.78 is 2.10. The van der Waals surface area contributed by atoms with Crippen LogP contribution in [0.15, 0.2) is 78.6 Å². The zero-order chi connectivity index (χ0) is 26.3. The quantitative estimate of drug-likeness (QED) is 0.284. The number of benzene rings is 2. The molecule has 6 rings (SSSR count). The van der Waals surface area contributed by atoms with Gasteiger partial charge in [-0.15, -0.1) is 10.2 Å². The molecule has 3 N–H and O–H groups in total. The van der Waals surface area contributed by atoms with E-state index in [-0.39, 0.29) is 12.4 Å². The zero-order valence-electron chi connectivity index (χ0n) is 20.3. The molecule has 0 unspecified atom stereocenters. The fourth-order valence-corrected chi connectivity index (χ4v) is 4.88. The van der Waals surface area contributed by atoms with Gasteiger partial charge in [-0.2, -0.15) is 0 Å². The number of pyridine rings is 1. The lowest BCUT2D eigenvalue weighted by atomic mass is 10.0. The molecule has 2 aromatic carbocycles. The number of carbonyl (C=O) groups is 2. The number of hydrogen-bond donors (Lipinski definition) is 3. The predicted molar refractivity (Wildman–Crippen MR) is 146 cm³/mol. The van der Waals surface area contributed by atoms with Crippen molar-refractivity contribution in [2.24, 2.45) is 0 Å². The van der Waals surface area contributed by atoms with Crippen LogP contribution in [0.25, 0.3) is 28.0 Å². The Labute approximate surface area is 222 Å². The van der Waals surface area contributed by atoms with Gasteiger partial charge < -0.3 is 15.7 Å². The summed E-state index contributed by atoms with van der Waals surface area (Å²) in [4.78, 5) is 26.9. The Morgan fingerprint density at radius 2 is 1.89 bits per heavy atom. The highest BCUT2D eigenvalue weighted by Crippen LogP contribution is 2.28. The standard InChI is InChI=1S/C26H23N7OS.CH2O2/c34-25-16-32(10-8-27-25)15-18-3-1-4-19(11-18)20-7-9-33-23(14-28-24(33)13-20)21-5-2-6-22(12-21)30-26-31-29-17-35-26;2-1-3/h1-7,9,11-14,17H,8,10,15-16H2,(H,27,34)(H,30,31);1H,(H,2,3). The number of fused-ring (bicyclic) bond motifs is 1. The van der Waals surface area contributed by atoms with E-state index in [2.05, 4.69) is 89.8 Å². The summed E-state index contributed by atoms with van der Waals surface area (Å²) in [5.74, 6) is 0.0921. The number of carbonyl (C=O) groups excluding carboxylic acids is 1. The molecule has 10 nitrogen and oxygen atoms in total. The van der Waals surface area contributed by atoms with Crippen molar-refractivity contribution in [3.63, 3.8) is 0 Å². The fourth-order valence-electron chi connectivity index (χ4n) is 4.41. The second-order valence-corrected chi connectivity index (χ2v) is 9.44. The van der Waals surface area contributed by atoms with Gasteiger partial charge in [0.05, 0.1) is 18.4 Å². The Morgan fingerprint density at radius 1 is 1.08 bits per heavy atom. The van der Waals surface area contributed by atoms with Gasteiger partial charge in [0.15, 0.2) is 0 Å². The van der Waals surface area contributed by atoms with Crippen LogP contribution in [-0.2, 0) is 16.1 Å². The minimum absolute atomic E-state index is 0.0921. The molecule has 192 valence electrons. The van der Waals surface area contributed by atoms with E-state index in [9.17, 15) is 4.79 Å². The lowest BCUT2D eigenvalue weighted by Crippen LogP contribution is -2.47. The van der Waals surface area contributed by atoms with Crippen LogP contribution in [0.5, 0.6) is 0 Å². The molecule has 0 spiro atoms. The molecule has 3 aromatic heterocycles. The van der Waals surface area contributed by atoms with Crippen LogP contribution in [0.3, 0.4) is 0 Å². The minimum Gasteiger partial charge on any atom is -0.483 e. The number of rotatable bonds is 6. The van der Waals surface area contributed by atoms with Gasteiger partial charge in [0.2, 0.25) is 11.0 Å². The lowest BCUT2D eigenvalue weighted by molar-refractivity contribution is -0.124. The number of anilines is 2. The van der Waals surface area contributed by atoms with Gasteiger partial charge in [-0.3, -0.25) is 18.9 Å². The smallest absolute Gasteiger partial charge is 0.290 e. The first-order valence-corrected chi connectivity index (χ1v) is 12.8. The molecule has 1 aliphatic rings. The van der Waals surface area contributed by atoms with Gasteiger partial charge in [0, 0.05) is 37.1 Å². The molecular weight excluding hydrogens is 502 g/mol. The summed E-state index contributed by atoms with van der Waals surface area (Å²) in [5.41, 5.74) is 9.07. The summed E-state index contributed by atoms with van der Waals surface area (Å²) >= 11 is 1.46. The Morgan fingerprint density at radius 3 is 2.71 bits per heavy atom. The van der Waals surface area contributed by atoms with E-state index in [1.165, 1.54) is 16.9 Å². The van der Waals surface area contributed by atoms with Crippen LogP contribution >= 0.6 is 11.3 Å². The first kappa shape index (κ1) is 25.1. The second kappa shape index (κ2) is 11.6. The number of amides is 1. The van der Waals surface area contributed by atoms with Crippen molar-refractivity contribution in [1.82, 2.24) is 29.8 Å². The second-order valence-electron chi connectivity index (χ2n) is 8.60. The van der Waals surface area contributed by atoms with Crippen LogP contribution < -0.4 is 10.6 Å². The molecule has 1 saturated heterocycles. The van der Waals surface area contributed by atoms with Gasteiger partial charge in [0.25, 0.3) is 6.47 Å². The Balaban J connectivity index is 0.000000937. The van der Waals surface area contributed by atoms with Gasteiger partial charge in [0.1, 0.15) is 11.2 Å². The summed E-state index contributed by atoms with van der Waals surface area (Å²) in [6.45, 7) is 2.54. The molecule has 1 amide bonds. The van der Waals surface area contributed by atoms with Crippen molar-refractivity contribution in [1.29, 1.82) is 0 Å². The highest BCUT2D eigenvalue weighted by molar-refractivity contribution is 7.13. The summed E-state index contributed by atoms with van der Waals surface area (Å²) in [7, 11) is 0. The SMILES string of the molecule is O=C1CN(Cc2cccc(-c3ccn4c(-c5cccc(Nc6nncs6)c5)cnc4c3)c2)CCN1.O=CO. The number of nitrogens with one attached hydrogen (secondary N) is 2. The van der Waals surface area contributed by atoms with Crippen LogP contribution in [0.2, 0.25) is 0 Å². The predicted octanol–water partition coefficient (Wildman–Crippen LogP) is 3.90. The van der Waals surface area contributed by atoms with Crippen LogP contribution in [0.4, 0.5) is 10.8 Å². The highest BCUT2D eigenvalue weighted by atomic mass is 32.1. The van der Waals surface area contributed by atoms with Crippen molar-refractivity contribution in [3.8, 4) is 22.4 Å². The average molecular weight is 528 g/mol. The fraction of sp³-hybridized carbons (Fsp3) is 0.148. The molecule has 0 aliphatic carbocycles. The van der Waals surface area contributed by atoms with E-state index in [0.717, 1.165) is 51.9 Å². The molecule has 0 radical (unpaired) electrons. The van der Waals surface area contributed by atoms with Crippen molar-refractivity contribution in [2.45, 2.75) is 6.54 Å². The summed E-state index contributed by atoms with van der Waals surface area (Å²) in [6, 6.07) is 20.9. The third-order valence-electron chi connectivity index (χ3n) is 6.07. The van der Waals surface area contributed by atoms with E-state index in [1.807, 2.05) is 18.3 Å². The Hall–Kier alpha value is -4.61. The van der Waals surface area contributed by atoms with E-state index in [0.29, 0.717) is 13.1 Å². The zero-order valence-corrected chi connectivity index (χ0v) is 21.1. The average Bonchev–Trinajstić information content (AvgIpc) is 3.59. The topological polar surface area (TPSA) is 125 Å². The molecular formula is C27H25N7O3S. The number of hydrogen-bond acceptors (Lipinski definition) is 8. The molecule has 1 aliphatic heterocycles. The maximum atomic E-state index is 11.7. The molecule has 38 heavy (non-hydrogen) atoms. The van der Waals surface area contributed by atoms with E-state index in [1.54, 1.807) is 5.51 Å². The minimum atomic E-state index is -0.250. The third-order valence-corrected chi connectivity index (χ3v) is 6.67. The number of aromatic nitrogens is 4. The molecule has 0 bridgehead atoms. The molecule has 5 aromatic rings. The van der Waals surface area contributed by atoms with Gasteiger partial charge in [-0.1, -0.05) is 41.7 Å². The first-order chi connectivity index (χ1) is 18.6. The Bertz CT molecular complexity index is 1550. The monoisotopic (exact) mass is 527 g/mol. The van der Waals surface area contributed by atoms with Crippen LogP contribution in [-0.4, -0.2) is 61.6 Å². The van der Waals surface area contributed by atoms with Gasteiger partial charge in [-0.25, -0.2) is 4.98 Å². The van der Waals surface area contributed by atoms with Crippen molar-refractivity contribution in [3.05, 3.63) is 84.1 Å². The normalized spacial score (nSPS) is 13.4. The molecule has 1 fully saturated rings. The number of imidazole rings is 1. The molecule has 11 heteroatoms. The number of piperazine rings is 1. The summed E-state index contributed by atoms with van der Waals surface area (Å²) in [6.07, 6.45) is 3.97. The Kier molecular flexibility index (Phi) is 7.67. The van der Waals surface area contributed by atoms with E-state index < -0.39 is 0 Å². The van der Waals surface area contributed by atoms with Gasteiger partial charge >= 0.3 is 0 Å². The van der Waals surface area contributed by atoms with E-state index in [4.69, 9.17) is 9.90 Å². The summed E-state index contributed by atoms with van der Waals surface area (Å²) in [5, 5.41) is 21.8. The number of carboxylic acid groups (broad SMARTS) is 1. The van der Waals surface area contributed by atoms with Crippen molar-refractivity contribution >= 4 is 40.2 Å². The first-order valence-electron chi connectivity index (χ1n) is 11.9. The third kappa shape index (κ3) is 5.85. The maximum absolute atomic E-state index is 11.7. The molecule has 0 atom stereocenters. The number of nitrogens with zero attached hydrogens (tertiary/aromatic N) is 5. The van der Waals surface area contributed by atoms with E-state index >= 15 is 0 Å². The van der Waals surface area contributed by atoms with Crippen LogP contribution in [0.1, 0.15) is 5.56 Å². The largest absolute Gasteiger partial charge is 0.483 e. The molecule has 4 heterocycles. The highest BCUT2D eigenvalue weighted by Gasteiger charge is 2.16. The van der Waals surface area contributed by atoms with Crippen molar-refractivity contribution in [2.75, 3.05) is 25.0 Å². The lowest BCUT2D eigenvalue weighted by Gasteiger charge is -2.26. The maximum Gasteiger partial charge on any atom is 0.290 e. The van der Waals surface area contributed by atoms with Crippen LogP contribution in [0, 0.1) is 0 Å². The van der Waals surface area contributed by atoms with Crippen molar-refractivity contribution < 1.29 is 14.7 Å².